The van der Waals surface area contributed by atoms with Crippen LogP contribution >= 0.6 is 0 Å². The lowest BCUT2D eigenvalue weighted by atomic mass is 9.80. The van der Waals surface area contributed by atoms with Gasteiger partial charge in [0.15, 0.2) is 0 Å². The van der Waals surface area contributed by atoms with Crippen molar-refractivity contribution in [3.8, 4) is 0 Å². The van der Waals surface area contributed by atoms with Crippen LogP contribution < -0.4 is 0 Å². The number of hydrogen-bond donors (Lipinski definition) is 1. The monoisotopic (exact) mass is 277 g/mol. The highest BCUT2D eigenvalue weighted by molar-refractivity contribution is 5.83. The first-order valence-corrected chi connectivity index (χ1v) is 6.79. The number of amides is 1. The molecule has 0 saturated heterocycles. The summed E-state index contributed by atoms with van der Waals surface area (Å²) in [5, 5.41) is 8.91. The van der Waals surface area contributed by atoms with E-state index in [9.17, 15) is 9.59 Å². The third kappa shape index (κ3) is 4.08. The van der Waals surface area contributed by atoms with Crippen molar-refractivity contribution < 1.29 is 14.7 Å². The van der Waals surface area contributed by atoms with E-state index >= 15 is 0 Å². The first-order valence-electron chi connectivity index (χ1n) is 6.79. The molecule has 1 atom stereocenters. The molecule has 0 bridgehead atoms. The lowest BCUT2D eigenvalue weighted by Crippen LogP contribution is -2.40. The van der Waals surface area contributed by atoms with Gasteiger partial charge in [-0.15, -0.1) is 0 Å². The van der Waals surface area contributed by atoms with Gasteiger partial charge in [-0.2, -0.15) is 0 Å². The smallest absolute Gasteiger partial charge is 0.326 e. The Morgan fingerprint density at radius 3 is 2.30 bits per heavy atom. The Labute approximate surface area is 120 Å². The van der Waals surface area contributed by atoms with E-state index in [0.29, 0.717) is 12.8 Å². The van der Waals surface area contributed by atoms with Gasteiger partial charge in [-0.05, 0) is 24.3 Å². The van der Waals surface area contributed by atoms with Crippen LogP contribution in [0.4, 0.5) is 0 Å². The molecule has 0 aliphatic carbocycles. The molecule has 0 saturated carbocycles. The molecular weight excluding hydrogens is 254 g/mol. The van der Waals surface area contributed by atoms with Gasteiger partial charge in [-0.3, -0.25) is 4.79 Å². The summed E-state index contributed by atoms with van der Waals surface area (Å²) in [6.45, 7) is 5.70. The third-order valence-electron chi connectivity index (χ3n) is 3.85. The lowest BCUT2D eigenvalue weighted by Gasteiger charge is -2.27. The van der Waals surface area contributed by atoms with Gasteiger partial charge in [0.05, 0.1) is 0 Å². The molecule has 0 spiro atoms. The Balaban J connectivity index is 2.63. The van der Waals surface area contributed by atoms with Crippen LogP contribution in [0.2, 0.25) is 0 Å². The molecule has 20 heavy (non-hydrogen) atoms. The molecule has 1 amide bonds. The molecule has 0 aromatic heterocycles. The zero-order valence-corrected chi connectivity index (χ0v) is 12.6. The van der Waals surface area contributed by atoms with Gasteiger partial charge in [0.1, 0.15) is 6.04 Å². The largest absolute Gasteiger partial charge is 0.480 e. The van der Waals surface area contributed by atoms with Crippen LogP contribution in [0.1, 0.15) is 39.2 Å². The number of hydrogen-bond acceptors (Lipinski definition) is 2. The van der Waals surface area contributed by atoms with Crippen molar-refractivity contribution in [3.05, 3.63) is 35.9 Å². The standard InChI is InChI=1S/C16H23NO3/c1-12(15(19)20)17(4)14(18)10-11-16(2,3)13-8-6-5-7-9-13/h5-9,12H,10-11H2,1-4H3,(H,19,20). The second kappa shape index (κ2) is 6.55. The summed E-state index contributed by atoms with van der Waals surface area (Å²) < 4.78 is 0. The molecule has 1 rings (SSSR count). The van der Waals surface area contributed by atoms with E-state index in [1.807, 2.05) is 30.3 Å². The number of likely N-dealkylation sites (N-methyl/N-ethyl adjacent to an activating group) is 1. The first-order chi connectivity index (χ1) is 9.25. The van der Waals surface area contributed by atoms with Gasteiger partial charge in [0, 0.05) is 13.5 Å². The zero-order chi connectivity index (χ0) is 15.3. The molecule has 0 aliphatic rings. The number of rotatable bonds is 6. The van der Waals surface area contributed by atoms with Crippen LogP contribution in [0, 0.1) is 0 Å². The van der Waals surface area contributed by atoms with E-state index in [1.54, 1.807) is 0 Å². The molecule has 0 aliphatic heterocycles. The van der Waals surface area contributed by atoms with Crippen molar-refractivity contribution in [1.82, 2.24) is 4.90 Å². The summed E-state index contributed by atoms with van der Waals surface area (Å²) in [4.78, 5) is 24.2. The van der Waals surface area contributed by atoms with E-state index in [2.05, 4.69) is 13.8 Å². The number of aliphatic carboxylic acids is 1. The summed E-state index contributed by atoms with van der Waals surface area (Å²) in [5.41, 5.74) is 1.08. The van der Waals surface area contributed by atoms with Crippen molar-refractivity contribution in [2.45, 2.75) is 45.1 Å². The molecule has 1 aromatic rings. The minimum atomic E-state index is -0.983. The Morgan fingerprint density at radius 2 is 1.80 bits per heavy atom. The number of carbonyl (C=O) groups excluding carboxylic acids is 1. The van der Waals surface area contributed by atoms with Gasteiger partial charge < -0.3 is 10.0 Å². The van der Waals surface area contributed by atoms with E-state index < -0.39 is 12.0 Å². The summed E-state index contributed by atoms with van der Waals surface area (Å²) in [6.07, 6.45) is 1.03. The molecule has 0 heterocycles. The number of carboxylic acid groups (broad SMARTS) is 1. The average molecular weight is 277 g/mol. The maximum absolute atomic E-state index is 12.0. The average Bonchev–Trinajstić information content (AvgIpc) is 2.44. The van der Waals surface area contributed by atoms with Crippen LogP contribution in [-0.2, 0) is 15.0 Å². The molecule has 0 radical (unpaired) electrons. The predicted octanol–water partition coefficient (Wildman–Crippen LogP) is 2.68. The van der Waals surface area contributed by atoms with E-state index in [-0.39, 0.29) is 11.3 Å². The zero-order valence-electron chi connectivity index (χ0n) is 12.6. The van der Waals surface area contributed by atoms with Crippen molar-refractivity contribution in [2.75, 3.05) is 7.05 Å². The van der Waals surface area contributed by atoms with E-state index in [0.717, 1.165) is 0 Å². The molecule has 4 nitrogen and oxygen atoms in total. The third-order valence-corrected chi connectivity index (χ3v) is 3.85. The van der Waals surface area contributed by atoms with Gasteiger partial charge >= 0.3 is 5.97 Å². The fraction of sp³-hybridized carbons (Fsp3) is 0.500. The second-order valence-electron chi connectivity index (χ2n) is 5.77. The topological polar surface area (TPSA) is 57.6 Å². The molecule has 1 unspecified atom stereocenters. The molecule has 0 fully saturated rings. The van der Waals surface area contributed by atoms with Crippen LogP contribution in [0.3, 0.4) is 0 Å². The quantitative estimate of drug-likeness (QED) is 0.869. The fourth-order valence-electron chi connectivity index (χ4n) is 2.01. The maximum Gasteiger partial charge on any atom is 0.326 e. The van der Waals surface area contributed by atoms with Gasteiger partial charge in [-0.1, -0.05) is 44.2 Å². The van der Waals surface area contributed by atoms with Crippen LogP contribution in [-0.4, -0.2) is 35.0 Å². The first kappa shape index (κ1) is 16.2. The number of carbonyl (C=O) groups is 2. The SMILES string of the molecule is CC(C(=O)O)N(C)C(=O)CCC(C)(C)c1ccccc1. The highest BCUT2D eigenvalue weighted by atomic mass is 16.4. The Bertz CT molecular complexity index is 468. The minimum Gasteiger partial charge on any atom is -0.480 e. The van der Waals surface area contributed by atoms with Crippen molar-refractivity contribution in [3.63, 3.8) is 0 Å². The number of benzene rings is 1. The summed E-state index contributed by atoms with van der Waals surface area (Å²) >= 11 is 0. The molecule has 1 N–H and O–H groups in total. The van der Waals surface area contributed by atoms with Crippen LogP contribution in [0.5, 0.6) is 0 Å². The van der Waals surface area contributed by atoms with E-state index in [1.165, 1.54) is 24.4 Å². The normalized spacial score (nSPS) is 12.8. The second-order valence-corrected chi connectivity index (χ2v) is 5.77. The van der Waals surface area contributed by atoms with Crippen LogP contribution in [0.25, 0.3) is 0 Å². The predicted molar refractivity (Wildman–Crippen MR) is 78.6 cm³/mol. The summed E-state index contributed by atoms with van der Waals surface area (Å²) in [7, 11) is 1.54. The van der Waals surface area contributed by atoms with Gasteiger partial charge in [0.2, 0.25) is 5.91 Å². The van der Waals surface area contributed by atoms with Crippen molar-refractivity contribution in [2.24, 2.45) is 0 Å². The molecule has 4 heteroatoms. The molecule has 1 aromatic carbocycles. The number of carboxylic acids is 1. The highest BCUT2D eigenvalue weighted by Gasteiger charge is 2.25. The lowest BCUT2D eigenvalue weighted by molar-refractivity contribution is -0.148. The Kier molecular flexibility index (Phi) is 5.31. The Hall–Kier alpha value is -1.84. The summed E-state index contributed by atoms with van der Waals surface area (Å²) in [6, 6.07) is 9.24. The van der Waals surface area contributed by atoms with Crippen molar-refractivity contribution in [1.29, 1.82) is 0 Å². The van der Waals surface area contributed by atoms with Gasteiger partial charge in [-0.25, -0.2) is 4.79 Å². The highest BCUT2D eigenvalue weighted by Crippen LogP contribution is 2.28. The number of nitrogens with zero attached hydrogens (tertiary/aromatic N) is 1. The van der Waals surface area contributed by atoms with Crippen molar-refractivity contribution >= 4 is 11.9 Å². The Morgan fingerprint density at radius 1 is 1.25 bits per heavy atom. The molecule has 110 valence electrons. The van der Waals surface area contributed by atoms with Gasteiger partial charge in [0.25, 0.3) is 0 Å². The van der Waals surface area contributed by atoms with E-state index in [4.69, 9.17) is 5.11 Å². The summed E-state index contributed by atoms with van der Waals surface area (Å²) in [5.74, 6) is -1.12. The molecular formula is C16H23NO3. The maximum atomic E-state index is 12.0. The van der Waals surface area contributed by atoms with Crippen LogP contribution in [0.15, 0.2) is 30.3 Å². The fourth-order valence-corrected chi connectivity index (χ4v) is 2.01. The minimum absolute atomic E-state index is 0.107.